The summed E-state index contributed by atoms with van der Waals surface area (Å²) in [5, 5.41) is 7.73. The van der Waals surface area contributed by atoms with Crippen LogP contribution in [0.5, 0.6) is 0 Å². The number of anilines is 1. The van der Waals surface area contributed by atoms with E-state index in [0.717, 1.165) is 0 Å². The minimum absolute atomic E-state index is 0.0298. The van der Waals surface area contributed by atoms with Crippen molar-refractivity contribution in [1.82, 2.24) is 15.1 Å². The average molecular weight is 466 g/mol. The third-order valence-electron chi connectivity index (χ3n) is 3.88. The lowest BCUT2D eigenvalue weighted by Crippen LogP contribution is -2.41. The van der Waals surface area contributed by atoms with Crippen molar-refractivity contribution in [3.63, 3.8) is 0 Å². The number of halogens is 3. The molecule has 0 aliphatic heterocycles. The number of carbonyl (C=O) groups excluding carboxylic acids is 1. The number of benzene rings is 2. The normalized spacial score (nSPS) is 11.5. The maximum absolute atomic E-state index is 14.7. The van der Waals surface area contributed by atoms with Crippen molar-refractivity contribution >= 4 is 39.1 Å². The molecule has 1 aromatic heterocycles. The molecule has 5 nitrogen and oxygen atoms in total. The lowest BCUT2D eigenvalue weighted by Gasteiger charge is -2.19. The molecule has 0 saturated heterocycles. The Morgan fingerprint density at radius 3 is 2.43 bits per heavy atom. The first-order chi connectivity index (χ1) is 13.1. The van der Waals surface area contributed by atoms with Crippen molar-refractivity contribution in [2.24, 2.45) is 0 Å². The van der Waals surface area contributed by atoms with Gasteiger partial charge in [-0.1, -0.05) is 39.7 Å². The number of hydrogen-bond acceptors (Lipinski definition) is 3. The Morgan fingerprint density at radius 1 is 1.21 bits per heavy atom. The fourth-order valence-electron chi connectivity index (χ4n) is 2.71. The van der Waals surface area contributed by atoms with Crippen LogP contribution in [0.2, 0.25) is 5.02 Å². The molecule has 3 rings (SSSR count). The molecule has 0 bridgehead atoms. The Labute approximate surface area is 175 Å². The highest BCUT2D eigenvalue weighted by Crippen LogP contribution is 2.33. The molecule has 0 unspecified atom stereocenters. The molecule has 2 aromatic carbocycles. The maximum atomic E-state index is 14.7. The number of nitrogens with two attached hydrogens (primary N) is 1. The Balaban J connectivity index is 2.23. The molecule has 1 heterocycles. The molecule has 0 saturated carbocycles. The highest BCUT2D eigenvalue weighted by atomic mass is 79.9. The third kappa shape index (κ3) is 4.20. The lowest BCUT2D eigenvalue weighted by molar-refractivity contribution is 0.0915. The van der Waals surface area contributed by atoms with Crippen molar-refractivity contribution in [3.05, 3.63) is 63.5 Å². The highest BCUT2D eigenvalue weighted by Gasteiger charge is 2.26. The quantitative estimate of drug-likeness (QED) is 0.558. The van der Waals surface area contributed by atoms with Gasteiger partial charge in [-0.2, -0.15) is 5.10 Å². The second kappa shape index (κ2) is 7.56. The Morgan fingerprint density at radius 2 is 1.86 bits per heavy atom. The van der Waals surface area contributed by atoms with E-state index in [1.54, 1.807) is 36.4 Å². The number of amides is 1. The third-order valence-corrected chi connectivity index (χ3v) is 4.63. The molecular weight excluding hydrogens is 447 g/mol. The first-order valence-corrected chi connectivity index (χ1v) is 9.66. The van der Waals surface area contributed by atoms with Crippen LogP contribution in [0, 0.1) is 5.82 Å². The smallest absolute Gasteiger partial charge is 0.274 e. The van der Waals surface area contributed by atoms with Gasteiger partial charge in [0.25, 0.3) is 5.91 Å². The summed E-state index contributed by atoms with van der Waals surface area (Å²) in [5.74, 6) is -0.939. The number of nitrogen functional groups attached to an aromatic ring is 1. The summed E-state index contributed by atoms with van der Waals surface area (Å²) in [6.07, 6.45) is 0. The first-order valence-electron chi connectivity index (χ1n) is 8.49. The van der Waals surface area contributed by atoms with E-state index in [9.17, 15) is 9.18 Å². The summed E-state index contributed by atoms with van der Waals surface area (Å²) in [5.41, 5.74) is 7.26. The van der Waals surface area contributed by atoms with E-state index in [2.05, 4.69) is 26.3 Å². The fraction of sp³-hybridized carbons (Fsp3) is 0.200. The summed E-state index contributed by atoms with van der Waals surface area (Å²) in [4.78, 5) is 12.7. The summed E-state index contributed by atoms with van der Waals surface area (Å²) < 4.78 is 16.6. The van der Waals surface area contributed by atoms with Gasteiger partial charge < -0.3 is 11.1 Å². The van der Waals surface area contributed by atoms with Gasteiger partial charge in [0, 0.05) is 20.6 Å². The molecule has 0 spiro atoms. The summed E-state index contributed by atoms with van der Waals surface area (Å²) >= 11 is 9.23. The van der Waals surface area contributed by atoms with E-state index in [0.29, 0.717) is 20.8 Å². The molecule has 0 fully saturated rings. The van der Waals surface area contributed by atoms with Crippen LogP contribution in [0.1, 0.15) is 31.3 Å². The Bertz CT molecular complexity index is 1040. The first kappa shape index (κ1) is 20.4. The van der Waals surface area contributed by atoms with Crippen LogP contribution in [0.4, 0.5) is 10.1 Å². The van der Waals surface area contributed by atoms with Crippen LogP contribution in [0.25, 0.3) is 16.9 Å². The monoisotopic (exact) mass is 464 g/mol. The van der Waals surface area contributed by atoms with Gasteiger partial charge in [0.15, 0.2) is 5.69 Å². The average Bonchev–Trinajstić information content (AvgIpc) is 2.91. The van der Waals surface area contributed by atoms with Crippen molar-refractivity contribution in [2.45, 2.75) is 26.3 Å². The predicted molar refractivity (Wildman–Crippen MR) is 113 cm³/mol. The van der Waals surface area contributed by atoms with Gasteiger partial charge in [-0.3, -0.25) is 4.79 Å². The number of aromatic nitrogens is 2. The molecule has 146 valence electrons. The molecule has 0 atom stereocenters. The zero-order chi connectivity index (χ0) is 20.6. The van der Waals surface area contributed by atoms with Crippen molar-refractivity contribution in [2.75, 3.05) is 5.73 Å². The zero-order valence-electron chi connectivity index (χ0n) is 15.6. The van der Waals surface area contributed by atoms with Gasteiger partial charge in [0.05, 0.1) is 11.4 Å². The highest BCUT2D eigenvalue weighted by molar-refractivity contribution is 9.10. The van der Waals surface area contributed by atoms with Gasteiger partial charge in [-0.05, 0) is 51.1 Å². The second-order valence-corrected chi connectivity index (χ2v) is 8.68. The summed E-state index contributed by atoms with van der Waals surface area (Å²) in [6, 6.07) is 11.5. The number of rotatable bonds is 3. The van der Waals surface area contributed by atoms with E-state index in [-0.39, 0.29) is 17.1 Å². The summed E-state index contributed by atoms with van der Waals surface area (Å²) in [7, 11) is 0. The number of nitrogens with one attached hydrogen (secondary N) is 1. The van der Waals surface area contributed by atoms with Gasteiger partial charge in [0.2, 0.25) is 0 Å². The van der Waals surface area contributed by atoms with E-state index in [1.165, 1.54) is 10.7 Å². The van der Waals surface area contributed by atoms with Crippen LogP contribution >= 0.6 is 27.5 Å². The van der Waals surface area contributed by atoms with E-state index >= 15 is 0 Å². The Kier molecular flexibility index (Phi) is 5.50. The van der Waals surface area contributed by atoms with Crippen LogP contribution in [-0.2, 0) is 0 Å². The largest absolute Gasteiger partial charge is 0.395 e. The van der Waals surface area contributed by atoms with Crippen LogP contribution in [0.15, 0.2) is 46.9 Å². The molecule has 3 N–H and O–H groups in total. The molecule has 28 heavy (non-hydrogen) atoms. The number of hydrogen-bond donors (Lipinski definition) is 2. The standard InChI is InChI=1S/C20H19BrClFN4O/c1-20(2,3)25-19(28)17-16(24)18(11-4-7-13(22)8-5-11)27(26-17)15-9-6-12(21)10-14(15)23/h4-10H,24H2,1-3H3,(H,25,28). The van der Waals surface area contributed by atoms with Crippen molar-refractivity contribution in [3.8, 4) is 16.9 Å². The van der Waals surface area contributed by atoms with Gasteiger partial charge in [0.1, 0.15) is 11.5 Å². The van der Waals surface area contributed by atoms with Gasteiger partial charge in [-0.25, -0.2) is 9.07 Å². The molecular formula is C20H19BrClFN4O. The number of nitrogens with zero attached hydrogens (tertiary/aromatic N) is 2. The molecule has 8 heteroatoms. The molecule has 3 aromatic rings. The summed E-state index contributed by atoms with van der Waals surface area (Å²) in [6.45, 7) is 5.56. The molecule has 0 aliphatic rings. The van der Waals surface area contributed by atoms with Crippen LogP contribution < -0.4 is 11.1 Å². The maximum Gasteiger partial charge on any atom is 0.274 e. The topological polar surface area (TPSA) is 72.9 Å². The predicted octanol–water partition coefficient (Wildman–Crippen LogP) is 5.20. The van der Waals surface area contributed by atoms with E-state index < -0.39 is 17.3 Å². The second-order valence-electron chi connectivity index (χ2n) is 7.33. The van der Waals surface area contributed by atoms with Crippen LogP contribution in [0.3, 0.4) is 0 Å². The minimum atomic E-state index is -0.505. The molecule has 0 aliphatic carbocycles. The van der Waals surface area contributed by atoms with E-state index in [1.807, 2.05) is 20.8 Å². The molecule has 1 amide bonds. The number of carbonyl (C=O) groups is 1. The van der Waals surface area contributed by atoms with Crippen LogP contribution in [-0.4, -0.2) is 21.2 Å². The zero-order valence-corrected chi connectivity index (χ0v) is 17.9. The van der Waals surface area contributed by atoms with Crippen molar-refractivity contribution in [1.29, 1.82) is 0 Å². The van der Waals surface area contributed by atoms with Gasteiger partial charge >= 0.3 is 0 Å². The molecule has 0 radical (unpaired) electrons. The minimum Gasteiger partial charge on any atom is -0.395 e. The van der Waals surface area contributed by atoms with Crippen molar-refractivity contribution < 1.29 is 9.18 Å². The fourth-order valence-corrected chi connectivity index (χ4v) is 3.17. The van der Waals surface area contributed by atoms with Gasteiger partial charge in [-0.15, -0.1) is 0 Å². The SMILES string of the molecule is CC(C)(C)NC(=O)c1nn(-c2ccc(Br)cc2F)c(-c2ccc(Cl)cc2)c1N. The Hall–Kier alpha value is -2.38. The van der Waals surface area contributed by atoms with E-state index in [4.69, 9.17) is 17.3 Å². The lowest BCUT2D eigenvalue weighted by atomic mass is 10.1.